The Balaban J connectivity index is 1.84. The molecule has 4 nitrogen and oxygen atoms in total. The third-order valence-electron chi connectivity index (χ3n) is 2.27. The lowest BCUT2D eigenvalue weighted by Crippen LogP contribution is -2.12. The monoisotopic (exact) mass is 247 g/mol. The number of hydrogen-bond donors (Lipinski definition) is 2. The molecule has 0 bridgehead atoms. The average molecular weight is 247 g/mol. The van der Waals surface area contributed by atoms with Gasteiger partial charge in [-0.2, -0.15) is 0 Å². The van der Waals surface area contributed by atoms with Crippen molar-refractivity contribution in [3.63, 3.8) is 0 Å². The first-order chi connectivity index (χ1) is 8.24. The summed E-state index contributed by atoms with van der Waals surface area (Å²) in [7, 11) is 0. The zero-order valence-corrected chi connectivity index (χ0v) is 10.0. The van der Waals surface area contributed by atoms with E-state index in [2.05, 4.69) is 10.3 Å². The smallest absolute Gasteiger partial charge is 0.226 e. The topological polar surface area (TPSA) is 68.0 Å². The van der Waals surface area contributed by atoms with Gasteiger partial charge in [-0.1, -0.05) is 12.1 Å². The lowest BCUT2D eigenvalue weighted by Gasteiger charge is -2.03. The summed E-state index contributed by atoms with van der Waals surface area (Å²) in [5.41, 5.74) is 7.46. The molecular formula is C12H13N3OS. The number of anilines is 2. The van der Waals surface area contributed by atoms with Gasteiger partial charge >= 0.3 is 0 Å². The molecule has 3 N–H and O–H groups in total. The summed E-state index contributed by atoms with van der Waals surface area (Å²) < 4.78 is 0. The number of hydrogen-bond acceptors (Lipinski definition) is 4. The van der Waals surface area contributed by atoms with Crippen molar-refractivity contribution < 1.29 is 4.79 Å². The van der Waals surface area contributed by atoms with Crippen LogP contribution in [0.4, 0.5) is 10.8 Å². The molecule has 0 unspecified atom stereocenters. The van der Waals surface area contributed by atoms with Crippen LogP contribution in [-0.2, 0) is 11.2 Å². The van der Waals surface area contributed by atoms with Crippen LogP contribution in [0.5, 0.6) is 0 Å². The van der Waals surface area contributed by atoms with Crippen LogP contribution >= 0.6 is 11.3 Å². The molecule has 0 atom stereocenters. The van der Waals surface area contributed by atoms with Crippen molar-refractivity contribution >= 4 is 28.1 Å². The van der Waals surface area contributed by atoms with Gasteiger partial charge in [0.2, 0.25) is 5.91 Å². The van der Waals surface area contributed by atoms with Crippen LogP contribution in [0.1, 0.15) is 12.0 Å². The maximum atomic E-state index is 11.6. The van der Waals surface area contributed by atoms with Crippen molar-refractivity contribution in [3.8, 4) is 0 Å². The lowest BCUT2D eigenvalue weighted by atomic mass is 10.1. The van der Waals surface area contributed by atoms with Crippen LogP contribution in [0.2, 0.25) is 0 Å². The maximum Gasteiger partial charge on any atom is 0.226 e. The highest BCUT2D eigenvalue weighted by Gasteiger charge is 2.04. The van der Waals surface area contributed by atoms with Crippen molar-refractivity contribution in [1.29, 1.82) is 0 Å². The fourth-order valence-electron chi connectivity index (χ4n) is 1.47. The largest absolute Gasteiger partial charge is 0.399 e. The average Bonchev–Trinajstić information content (AvgIpc) is 2.79. The van der Waals surface area contributed by atoms with E-state index in [1.165, 1.54) is 11.3 Å². The van der Waals surface area contributed by atoms with Crippen molar-refractivity contribution in [1.82, 2.24) is 4.98 Å². The van der Waals surface area contributed by atoms with Gasteiger partial charge in [-0.3, -0.25) is 4.79 Å². The number of nitrogens with two attached hydrogens (primary N) is 1. The number of rotatable bonds is 4. The van der Waals surface area contributed by atoms with Gasteiger partial charge in [-0.05, 0) is 24.1 Å². The third-order valence-corrected chi connectivity index (χ3v) is 2.96. The molecule has 1 aromatic heterocycles. The Labute approximate surface area is 103 Å². The second-order valence-corrected chi connectivity index (χ2v) is 4.53. The van der Waals surface area contributed by atoms with E-state index >= 15 is 0 Å². The number of nitrogen functional groups attached to an aromatic ring is 1. The van der Waals surface area contributed by atoms with E-state index in [4.69, 9.17) is 5.73 Å². The van der Waals surface area contributed by atoms with Gasteiger partial charge in [-0.25, -0.2) is 4.98 Å². The van der Waals surface area contributed by atoms with Crippen molar-refractivity contribution in [2.24, 2.45) is 0 Å². The minimum absolute atomic E-state index is 0.0256. The number of carbonyl (C=O) groups excluding carboxylic acids is 1. The number of thiazole rings is 1. The van der Waals surface area contributed by atoms with Crippen LogP contribution in [0.25, 0.3) is 0 Å². The Morgan fingerprint density at radius 3 is 3.06 bits per heavy atom. The van der Waals surface area contributed by atoms with E-state index in [9.17, 15) is 4.79 Å². The summed E-state index contributed by atoms with van der Waals surface area (Å²) in [6.07, 6.45) is 2.78. The number of carbonyl (C=O) groups is 1. The molecule has 2 rings (SSSR count). The van der Waals surface area contributed by atoms with E-state index in [-0.39, 0.29) is 5.91 Å². The predicted octanol–water partition coefficient (Wildman–Crippen LogP) is 2.30. The third kappa shape index (κ3) is 3.57. The highest BCUT2D eigenvalue weighted by Crippen LogP contribution is 2.12. The molecule has 88 valence electrons. The van der Waals surface area contributed by atoms with Gasteiger partial charge in [0.15, 0.2) is 5.13 Å². The van der Waals surface area contributed by atoms with Gasteiger partial charge in [0, 0.05) is 23.7 Å². The number of nitrogens with one attached hydrogen (secondary N) is 1. The van der Waals surface area contributed by atoms with E-state index in [1.54, 1.807) is 6.20 Å². The SMILES string of the molecule is Nc1cccc(CCC(=O)Nc2nccs2)c1. The van der Waals surface area contributed by atoms with Crippen molar-refractivity contribution in [3.05, 3.63) is 41.4 Å². The van der Waals surface area contributed by atoms with E-state index in [0.717, 1.165) is 11.3 Å². The highest BCUT2D eigenvalue weighted by atomic mass is 32.1. The van der Waals surface area contributed by atoms with Crippen LogP contribution < -0.4 is 11.1 Å². The molecule has 1 heterocycles. The summed E-state index contributed by atoms with van der Waals surface area (Å²) in [6.45, 7) is 0. The summed E-state index contributed by atoms with van der Waals surface area (Å²) in [4.78, 5) is 15.6. The minimum atomic E-state index is -0.0256. The van der Waals surface area contributed by atoms with Crippen molar-refractivity contribution in [2.45, 2.75) is 12.8 Å². The van der Waals surface area contributed by atoms with Crippen LogP contribution in [0, 0.1) is 0 Å². The molecule has 0 saturated heterocycles. The molecule has 0 aliphatic carbocycles. The zero-order chi connectivity index (χ0) is 12.1. The van der Waals surface area contributed by atoms with Crippen LogP contribution in [0.3, 0.4) is 0 Å². The molecule has 0 radical (unpaired) electrons. The van der Waals surface area contributed by atoms with E-state index < -0.39 is 0 Å². The predicted molar refractivity (Wildman–Crippen MR) is 69.9 cm³/mol. The number of benzene rings is 1. The Hall–Kier alpha value is -1.88. The van der Waals surface area contributed by atoms with Gasteiger partial charge in [0.25, 0.3) is 0 Å². The Morgan fingerprint density at radius 2 is 2.35 bits per heavy atom. The lowest BCUT2D eigenvalue weighted by molar-refractivity contribution is -0.116. The van der Waals surface area contributed by atoms with Gasteiger partial charge in [0.1, 0.15) is 0 Å². The molecule has 2 aromatic rings. The maximum absolute atomic E-state index is 11.6. The van der Waals surface area contributed by atoms with Gasteiger partial charge in [-0.15, -0.1) is 11.3 Å². The molecule has 0 saturated carbocycles. The second kappa shape index (κ2) is 5.45. The summed E-state index contributed by atoms with van der Waals surface area (Å²) in [6, 6.07) is 7.58. The normalized spacial score (nSPS) is 10.1. The number of aryl methyl sites for hydroxylation is 1. The zero-order valence-electron chi connectivity index (χ0n) is 9.22. The second-order valence-electron chi connectivity index (χ2n) is 3.63. The van der Waals surface area contributed by atoms with E-state index in [0.29, 0.717) is 18.0 Å². The molecular weight excluding hydrogens is 234 g/mol. The molecule has 0 fully saturated rings. The summed E-state index contributed by atoms with van der Waals surface area (Å²) in [5, 5.41) is 5.21. The van der Waals surface area contributed by atoms with Gasteiger partial charge < -0.3 is 11.1 Å². The molecule has 0 aliphatic heterocycles. The minimum Gasteiger partial charge on any atom is -0.399 e. The first-order valence-electron chi connectivity index (χ1n) is 5.28. The fraction of sp³-hybridized carbons (Fsp3) is 0.167. The molecule has 17 heavy (non-hydrogen) atoms. The summed E-state index contributed by atoms with van der Waals surface area (Å²) in [5.74, 6) is -0.0256. The van der Waals surface area contributed by atoms with Crippen molar-refractivity contribution in [2.75, 3.05) is 11.1 Å². The summed E-state index contributed by atoms with van der Waals surface area (Å²) >= 11 is 1.41. The fourth-order valence-corrected chi connectivity index (χ4v) is 2.02. The van der Waals surface area contributed by atoms with Crippen LogP contribution in [0.15, 0.2) is 35.8 Å². The number of nitrogens with zero attached hydrogens (tertiary/aromatic N) is 1. The van der Waals surface area contributed by atoms with E-state index in [1.807, 2.05) is 29.6 Å². The Morgan fingerprint density at radius 1 is 1.47 bits per heavy atom. The first-order valence-corrected chi connectivity index (χ1v) is 6.16. The van der Waals surface area contributed by atoms with Crippen LogP contribution in [-0.4, -0.2) is 10.9 Å². The highest BCUT2D eigenvalue weighted by molar-refractivity contribution is 7.13. The number of aromatic nitrogens is 1. The Kier molecular flexibility index (Phi) is 3.72. The molecule has 0 aliphatic rings. The number of amides is 1. The molecule has 1 aromatic carbocycles. The van der Waals surface area contributed by atoms with Gasteiger partial charge in [0.05, 0.1) is 0 Å². The quantitative estimate of drug-likeness (QED) is 0.814. The molecule has 5 heteroatoms. The molecule has 0 spiro atoms. The first kappa shape index (κ1) is 11.6. The standard InChI is InChI=1S/C12H13N3OS/c13-10-3-1-2-9(8-10)4-5-11(16)15-12-14-6-7-17-12/h1-3,6-8H,4-5,13H2,(H,14,15,16). The molecule has 1 amide bonds. The Bertz CT molecular complexity index is 496.